The summed E-state index contributed by atoms with van der Waals surface area (Å²) in [6, 6.07) is 9.47. The molecular formula is C28H32ClN3O5S. The standard InChI is InChI=1S/C28H32ClN3O5S/c1-4-5-17-6-8-18(9-7-17)27(33)31-28(34)32(38)19-10-11-24(21(29)14-19)37-23-12-13-30-22-16-26(36-3)25(35-2)15-20(22)23/h10-18,38H,4-9H2,1-3H3,(H,31,33,34). The van der Waals surface area contributed by atoms with Crippen molar-refractivity contribution in [1.29, 1.82) is 0 Å². The van der Waals surface area contributed by atoms with Gasteiger partial charge in [0.15, 0.2) is 11.5 Å². The number of ether oxygens (including phenoxy) is 3. The van der Waals surface area contributed by atoms with E-state index in [0.717, 1.165) is 36.4 Å². The molecule has 0 spiro atoms. The van der Waals surface area contributed by atoms with E-state index in [1.807, 2.05) is 0 Å². The number of halogens is 1. The first kappa shape index (κ1) is 27.9. The van der Waals surface area contributed by atoms with Gasteiger partial charge in [-0.1, -0.05) is 44.2 Å². The summed E-state index contributed by atoms with van der Waals surface area (Å²) in [6.07, 6.45) is 7.62. The minimum atomic E-state index is -0.625. The fraction of sp³-hybridized carbons (Fsp3) is 0.393. The maximum Gasteiger partial charge on any atom is 0.338 e. The summed E-state index contributed by atoms with van der Waals surface area (Å²) >= 11 is 10.8. The quantitative estimate of drug-likeness (QED) is 0.285. The molecule has 38 heavy (non-hydrogen) atoms. The summed E-state index contributed by atoms with van der Waals surface area (Å²) in [7, 11) is 3.12. The van der Waals surface area contributed by atoms with Crippen LogP contribution in [0.4, 0.5) is 10.5 Å². The van der Waals surface area contributed by atoms with Crippen LogP contribution in [0.3, 0.4) is 0 Å². The summed E-state index contributed by atoms with van der Waals surface area (Å²) in [5.74, 6) is 2.26. The van der Waals surface area contributed by atoms with E-state index in [9.17, 15) is 9.59 Å². The first-order chi connectivity index (χ1) is 18.3. The van der Waals surface area contributed by atoms with E-state index in [4.69, 9.17) is 25.8 Å². The number of aromatic nitrogens is 1. The van der Waals surface area contributed by atoms with E-state index in [0.29, 0.717) is 45.5 Å². The van der Waals surface area contributed by atoms with E-state index in [1.165, 1.54) is 6.42 Å². The average Bonchev–Trinajstić information content (AvgIpc) is 2.93. The monoisotopic (exact) mass is 557 g/mol. The van der Waals surface area contributed by atoms with Gasteiger partial charge in [-0.05, 0) is 61.9 Å². The van der Waals surface area contributed by atoms with Crippen molar-refractivity contribution in [2.24, 2.45) is 11.8 Å². The van der Waals surface area contributed by atoms with Crippen LogP contribution >= 0.6 is 24.4 Å². The number of urea groups is 1. The highest BCUT2D eigenvalue weighted by atomic mass is 35.5. The maximum atomic E-state index is 12.7. The first-order valence-electron chi connectivity index (χ1n) is 12.7. The average molecular weight is 558 g/mol. The predicted octanol–water partition coefficient (Wildman–Crippen LogP) is 7.19. The van der Waals surface area contributed by atoms with Gasteiger partial charge in [-0.25, -0.2) is 9.10 Å². The van der Waals surface area contributed by atoms with Crippen molar-refractivity contribution >= 4 is 52.9 Å². The molecule has 8 nitrogen and oxygen atoms in total. The number of nitrogens with one attached hydrogen (secondary N) is 1. The minimum absolute atomic E-state index is 0.151. The van der Waals surface area contributed by atoms with Crippen LogP contribution in [-0.2, 0) is 4.79 Å². The Labute approximate surface area is 233 Å². The van der Waals surface area contributed by atoms with Gasteiger partial charge >= 0.3 is 6.03 Å². The van der Waals surface area contributed by atoms with Gasteiger partial charge in [-0.2, -0.15) is 0 Å². The van der Waals surface area contributed by atoms with Crippen LogP contribution in [-0.4, -0.2) is 31.1 Å². The number of hydrogen-bond donors (Lipinski definition) is 2. The van der Waals surface area contributed by atoms with Crippen molar-refractivity contribution in [2.45, 2.75) is 45.4 Å². The number of fused-ring (bicyclic) bond motifs is 1. The van der Waals surface area contributed by atoms with Crippen molar-refractivity contribution in [3.63, 3.8) is 0 Å². The summed E-state index contributed by atoms with van der Waals surface area (Å²) in [4.78, 5) is 29.8. The molecule has 0 aliphatic heterocycles. The molecule has 0 unspecified atom stereocenters. The number of hydrogen-bond acceptors (Lipinski definition) is 7. The molecule has 0 radical (unpaired) electrons. The van der Waals surface area contributed by atoms with Gasteiger partial charge in [-0.15, -0.1) is 0 Å². The van der Waals surface area contributed by atoms with Crippen LogP contribution in [0, 0.1) is 11.8 Å². The third-order valence-electron chi connectivity index (χ3n) is 6.92. The van der Waals surface area contributed by atoms with Crippen LogP contribution in [0.1, 0.15) is 45.4 Å². The molecule has 10 heteroatoms. The number of benzene rings is 2. The number of nitrogens with zero attached hydrogens (tertiary/aromatic N) is 2. The van der Waals surface area contributed by atoms with Crippen molar-refractivity contribution in [3.8, 4) is 23.0 Å². The number of carbonyl (C=O) groups is 2. The lowest BCUT2D eigenvalue weighted by Crippen LogP contribution is -2.42. The molecule has 1 aromatic heterocycles. The Balaban J connectivity index is 1.44. The lowest BCUT2D eigenvalue weighted by atomic mass is 9.80. The Morgan fingerprint density at radius 2 is 1.74 bits per heavy atom. The van der Waals surface area contributed by atoms with Crippen LogP contribution in [0.15, 0.2) is 42.6 Å². The Hall–Kier alpha value is -3.17. The number of imide groups is 1. The van der Waals surface area contributed by atoms with Gasteiger partial charge in [0.2, 0.25) is 5.91 Å². The summed E-state index contributed by atoms with van der Waals surface area (Å²) in [5.41, 5.74) is 1.06. The zero-order chi connectivity index (χ0) is 27.2. The summed E-state index contributed by atoms with van der Waals surface area (Å²) in [6.45, 7) is 2.18. The van der Waals surface area contributed by atoms with Crippen molar-refractivity contribution in [1.82, 2.24) is 10.3 Å². The maximum absolute atomic E-state index is 12.7. The Morgan fingerprint density at radius 3 is 2.39 bits per heavy atom. The third-order valence-corrected chi connectivity index (χ3v) is 7.63. The molecule has 1 N–H and O–H groups in total. The largest absolute Gasteiger partial charge is 0.493 e. The second kappa shape index (κ2) is 12.6. The molecule has 3 amide bonds. The van der Waals surface area contributed by atoms with E-state index in [-0.39, 0.29) is 16.8 Å². The molecule has 1 aliphatic carbocycles. The molecule has 202 valence electrons. The molecule has 0 bridgehead atoms. The molecule has 1 heterocycles. The summed E-state index contributed by atoms with van der Waals surface area (Å²) in [5, 5.41) is 3.45. The zero-order valence-corrected chi connectivity index (χ0v) is 23.3. The van der Waals surface area contributed by atoms with Crippen molar-refractivity contribution < 1.29 is 23.8 Å². The molecule has 1 saturated carbocycles. The second-order valence-corrected chi connectivity index (χ2v) is 10.2. The van der Waals surface area contributed by atoms with Gasteiger partial charge in [-0.3, -0.25) is 15.1 Å². The van der Waals surface area contributed by atoms with Crippen molar-refractivity contribution in [2.75, 3.05) is 18.5 Å². The van der Waals surface area contributed by atoms with Crippen LogP contribution in [0.25, 0.3) is 10.9 Å². The molecule has 4 rings (SSSR count). The highest BCUT2D eigenvalue weighted by Crippen LogP contribution is 2.39. The zero-order valence-electron chi connectivity index (χ0n) is 21.7. The van der Waals surface area contributed by atoms with Gasteiger partial charge < -0.3 is 14.2 Å². The number of pyridine rings is 1. The number of anilines is 1. The van der Waals surface area contributed by atoms with Crippen LogP contribution in [0.2, 0.25) is 5.02 Å². The normalized spacial score (nSPS) is 17.1. The van der Waals surface area contributed by atoms with Crippen LogP contribution in [0.5, 0.6) is 23.0 Å². The lowest BCUT2D eigenvalue weighted by Gasteiger charge is -2.27. The van der Waals surface area contributed by atoms with Gasteiger partial charge in [0, 0.05) is 23.6 Å². The number of carbonyl (C=O) groups excluding carboxylic acids is 2. The molecule has 0 saturated heterocycles. The van der Waals surface area contributed by atoms with Gasteiger partial charge in [0.1, 0.15) is 11.5 Å². The van der Waals surface area contributed by atoms with Crippen molar-refractivity contribution in [3.05, 3.63) is 47.6 Å². The molecule has 3 aromatic rings. The predicted molar refractivity (Wildman–Crippen MR) is 152 cm³/mol. The Kier molecular flexibility index (Phi) is 9.22. The highest BCUT2D eigenvalue weighted by Gasteiger charge is 2.28. The number of thiol groups is 1. The molecule has 0 atom stereocenters. The SMILES string of the molecule is CCCC1CCC(C(=O)NC(=O)N(S)c2ccc(Oc3ccnc4cc(OC)c(OC)cc34)c(Cl)c2)CC1. The smallest absolute Gasteiger partial charge is 0.338 e. The Morgan fingerprint density at radius 1 is 1.03 bits per heavy atom. The fourth-order valence-electron chi connectivity index (χ4n) is 4.86. The molecule has 1 fully saturated rings. The number of amides is 3. The first-order valence-corrected chi connectivity index (χ1v) is 13.4. The number of rotatable bonds is 8. The molecule has 1 aliphatic rings. The van der Waals surface area contributed by atoms with E-state index < -0.39 is 6.03 Å². The minimum Gasteiger partial charge on any atom is -0.493 e. The lowest BCUT2D eigenvalue weighted by molar-refractivity contribution is -0.125. The number of methoxy groups -OCH3 is 2. The highest BCUT2D eigenvalue weighted by molar-refractivity contribution is 7.82. The second-order valence-electron chi connectivity index (χ2n) is 9.36. The van der Waals surface area contributed by atoms with E-state index >= 15 is 0 Å². The molecule has 2 aromatic carbocycles. The third kappa shape index (κ3) is 6.27. The van der Waals surface area contributed by atoms with Gasteiger partial charge in [0.25, 0.3) is 0 Å². The fourth-order valence-corrected chi connectivity index (χ4v) is 5.25. The summed E-state index contributed by atoms with van der Waals surface area (Å²) < 4.78 is 17.9. The van der Waals surface area contributed by atoms with E-state index in [1.54, 1.807) is 56.8 Å². The van der Waals surface area contributed by atoms with E-state index in [2.05, 4.69) is 30.0 Å². The van der Waals surface area contributed by atoms with Crippen LogP contribution < -0.4 is 23.8 Å². The molecular weight excluding hydrogens is 526 g/mol. The topological polar surface area (TPSA) is 90.0 Å². The Bertz CT molecular complexity index is 1310. The van der Waals surface area contributed by atoms with Gasteiger partial charge in [0.05, 0.1) is 30.4 Å².